The van der Waals surface area contributed by atoms with E-state index in [1.807, 2.05) is 19.3 Å². The Hall–Kier alpha value is -2.18. The molecule has 25 heavy (non-hydrogen) atoms. The Kier molecular flexibility index (Phi) is 3.89. The molecule has 0 aromatic carbocycles. The molecular weight excluding hydrogens is 340 g/mol. The van der Waals surface area contributed by atoms with Crippen molar-refractivity contribution in [1.29, 1.82) is 5.26 Å². The number of H-pyrrole nitrogens is 1. The number of sulfonamides is 1. The number of nitrogens with zero attached hydrogens (tertiary/aromatic N) is 4. The number of aromatic nitrogens is 3. The summed E-state index contributed by atoms with van der Waals surface area (Å²) in [5.74, 6) is 0.859. The smallest absolute Gasteiger partial charge is 0.215 e. The van der Waals surface area contributed by atoms with Gasteiger partial charge in [-0.1, -0.05) is 0 Å². The number of rotatable bonds is 6. The predicted molar refractivity (Wildman–Crippen MR) is 93.3 cm³/mol. The Morgan fingerprint density at radius 1 is 1.40 bits per heavy atom. The molecule has 8 nitrogen and oxygen atoms in total. The minimum Gasteiger partial charge on any atom is -0.356 e. The SMILES string of the molecule is CN(c1ncnc2[nH]ccc12)[C@H]1C[C@H](NS(=O)(=O)[C@@H]2C[C@@H]2CC#N)C1. The molecule has 2 aromatic rings. The van der Waals surface area contributed by atoms with Gasteiger partial charge in [0.1, 0.15) is 17.8 Å². The lowest BCUT2D eigenvalue weighted by Crippen LogP contribution is -2.53. The maximum atomic E-state index is 12.3. The standard InChI is InChI=1S/C16H20N6O2S/c1-22(16-13-3-5-18-15(13)19-9-20-16)12-7-11(8-12)21-25(23,24)14-6-10(14)2-4-17/h3,5,9-12,14,21H,2,6-8H2,1H3,(H,18,19,20)/t10-,11-,12-,14+/m0/s1. The van der Waals surface area contributed by atoms with Crippen LogP contribution in [0.1, 0.15) is 25.7 Å². The van der Waals surface area contributed by atoms with E-state index < -0.39 is 10.0 Å². The molecule has 2 aliphatic carbocycles. The third kappa shape index (κ3) is 2.96. The van der Waals surface area contributed by atoms with Gasteiger partial charge in [0, 0.05) is 31.7 Å². The van der Waals surface area contributed by atoms with Crippen LogP contribution in [0.2, 0.25) is 0 Å². The molecule has 0 bridgehead atoms. The molecule has 0 saturated heterocycles. The van der Waals surface area contributed by atoms with Gasteiger partial charge < -0.3 is 9.88 Å². The molecule has 2 atom stereocenters. The highest BCUT2D eigenvalue weighted by Crippen LogP contribution is 2.40. The minimum absolute atomic E-state index is 0.00365. The average molecular weight is 360 g/mol. The van der Waals surface area contributed by atoms with Crippen molar-refractivity contribution in [3.05, 3.63) is 18.6 Å². The van der Waals surface area contributed by atoms with Crippen molar-refractivity contribution in [1.82, 2.24) is 19.7 Å². The van der Waals surface area contributed by atoms with E-state index in [2.05, 4.69) is 30.6 Å². The van der Waals surface area contributed by atoms with Gasteiger partial charge in [-0.05, 0) is 31.2 Å². The summed E-state index contributed by atoms with van der Waals surface area (Å²) in [6.07, 6.45) is 5.80. The van der Waals surface area contributed by atoms with E-state index in [4.69, 9.17) is 5.26 Å². The van der Waals surface area contributed by atoms with Gasteiger partial charge >= 0.3 is 0 Å². The van der Waals surface area contributed by atoms with Gasteiger partial charge in [-0.25, -0.2) is 23.1 Å². The first-order valence-corrected chi connectivity index (χ1v) is 9.93. The molecule has 0 aliphatic heterocycles. The molecule has 0 radical (unpaired) electrons. The number of hydrogen-bond acceptors (Lipinski definition) is 6. The van der Waals surface area contributed by atoms with E-state index in [-0.39, 0.29) is 23.3 Å². The zero-order valence-electron chi connectivity index (χ0n) is 13.9. The molecule has 2 N–H and O–H groups in total. The second kappa shape index (κ2) is 5.97. The summed E-state index contributed by atoms with van der Waals surface area (Å²) < 4.78 is 27.4. The molecule has 2 heterocycles. The fourth-order valence-corrected chi connectivity index (χ4v) is 5.50. The van der Waals surface area contributed by atoms with Crippen LogP contribution in [0.4, 0.5) is 5.82 Å². The number of aromatic amines is 1. The number of nitriles is 1. The van der Waals surface area contributed by atoms with Gasteiger partial charge in [-0.3, -0.25) is 0 Å². The van der Waals surface area contributed by atoms with Crippen LogP contribution in [0.3, 0.4) is 0 Å². The van der Waals surface area contributed by atoms with Gasteiger partial charge in [0.15, 0.2) is 0 Å². The van der Waals surface area contributed by atoms with Gasteiger partial charge in [0.05, 0.1) is 16.7 Å². The van der Waals surface area contributed by atoms with Crippen LogP contribution in [0.25, 0.3) is 11.0 Å². The summed E-state index contributed by atoms with van der Waals surface area (Å²) in [6, 6.07) is 4.21. The van der Waals surface area contributed by atoms with Gasteiger partial charge in [0.25, 0.3) is 0 Å². The highest BCUT2D eigenvalue weighted by Gasteiger charge is 2.48. The molecule has 0 spiro atoms. The van der Waals surface area contributed by atoms with E-state index in [1.54, 1.807) is 0 Å². The van der Waals surface area contributed by atoms with Crippen LogP contribution in [0.15, 0.2) is 18.6 Å². The van der Waals surface area contributed by atoms with Crippen molar-refractivity contribution in [3.8, 4) is 6.07 Å². The number of fused-ring (bicyclic) bond motifs is 1. The van der Waals surface area contributed by atoms with Crippen molar-refractivity contribution < 1.29 is 8.42 Å². The van der Waals surface area contributed by atoms with Crippen molar-refractivity contribution in [2.75, 3.05) is 11.9 Å². The zero-order valence-corrected chi connectivity index (χ0v) is 14.7. The molecular formula is C16H20N6O2S. The lowest BCUT2D eigenvalue weighted by Gasteiger charge is -2.42. The minimum atomic E-state index is -3.31. The average Bonchev–Trinajstić information content (AvgIpc) is 3.17. The first-order chi connectivity index (χ1) is 12.0. The quantitative estimate of drug-likeness (QED) is 0.798. The first-order valence-electron chi connectivity index (χ1n) is 8.38. The highest BCUT2D eigenvalue weighted by molar-refractivity contribution is 7.90. The van der Waals surface area contributed by atoms with Crippen LogP contribution in [0.5, 0.6) is 0 Å². The Morgan fingerprint density at radius 3 is 2.96 bits per heavy atom. The second-order valence-electron chi connectivity index (χ2n) is 6.93. The molecule has 2 aliphatic rings. The number of hydrogen-bond donors (Lipinski definition) is 2. The normalized spacial score (nSPS) is 28.3. The van der Waals surface area contributed by atoms with Crippen molar-refractivity contribution in [2.24, 2.45) is 5.92 Å². The molecule has 132 valence electrons. The van der Waals surface area contributed by atoms with Crippen LogP contribution >= 0.6 is 0 Å². The zero-order chi connectivity index (χ0) is 17.6. The third-order valence-corrected chi connectivity index (χ3v) is 7.30. The monoisotopic (exact) mass is 360 g/mol. The fraction of sp³-hybridized carbons (Fsp3) is 0.562. The Morgan fingerprint density at radius 2 is 2.20 bits per heavy atom. The van der Waals surface area contributed by atoms with Crippen molar-refractivity contribution >= 4 is 26.9 Å². The van der Waals surface area contributed by atoms with Crippen LogP contribution in [0, 0.1) is 17.2 Å². The van der Waals surface area contributed by atoms with Crippen molar-refractivity contribution in [3.63, 3.8) is 0 Å². The summed E-state index contributed by atoms with van der Waals surface area (Å²) >= 11 is 0. The predicted octanol–water partition coefficient (Wildman–Crippen LogP) is 1.15. The van der Waals surface area contributed by atoms with E-state index in [9.17, 15) is 8.42 Å². The molecule has 9 heteroatoms. The third-order valence-electron chi connectivity index (χ3n) is 5.27. The van der Waals surface area contributed by atoms with E-state index in [0.717, 1.165) is 29.7 Å². The van der Waals surface area contributed by atoms with E-state index in [0.29, 0.717) is 12.8 Å². The Balaban J connectivity index is 1.36. The van der Waals surface area contributed by atoms with E-state index >= 15 is 0 Å². The first kappa shape index (κ1) is 16.3. The summed E-state index contributed by atoms with van der Waals surface area (Å²) in [5, 5.41) is 9.26. The van der Waals surface area contributed by atoms with Gasteiger partial charge in [-0.15, -0.1) is 0 Å². The topological polar surface area (TPSA) is 115 Å². The van der Waals surface area contributed by atoms with Crippen LogP contribution in [-0.4, -0.2) is 47.8 Å². The number of anilines is 1. The fourth-order valence-electron chi connectivity index (χ4n) is 3.56. The van der Waals surface area contributed by atoms with Crippen molar-refractivity contribution in [2.45, 2.75) is 43.0 Å². The molecule has 2 saturated carbocycles. The summed E-state index contributed by atoms with van der Waals surface area (Å²) in [7, 11) is -1.33. The Bertz CT molecular complexity index is 927. The second-order valence-corrected chi connectivity index (χ2v) is 8.86. The summed E-state index contributed by atoms with van der Waals surface area (Å²) in [5.41, 5.74) is 0.797. The molecule has 0 amide bonds. The summed E-state index contributed by atoms with van der Waals surface area (Å²) in [6.45, 7) is 0. The molecule has 2 fully saturated rings. The molecule has 4 rings (SSSR count). The molecule has 0 unspecified atom stereocenters. The van der Waals surface area contributed by atoms with Gasteiger partial charge in [0.2, 0.25) is 10.0 Å². The number of nitrogens with one attached hydrogen (secondary N) is 2. The Labute approximate surface area is 146 Å². The van der Waals surface area contributed by atoms with E-state index in [1.165, 1.54) is 6.33 Å². The van der Waals surface area contributed by atoms with Gasteiger partial charge in [-0.2, -0.15) is 5.26 Å². The summed E-state index contributed by atoms with van der Waals surface area (Å²) in [4.78, 5) is 13.7. The highest BCUT2D eigenvalue weighted by atomic mass is 32.2. The van der Waals surface area contributed by atoms with Crippen LogP contribution < -0.4 is 9.62 Å². The lowest BCUT2D eigenvalue weighted by atomic mass is 9.86. The molecule has 2 aromatic heterocycles. The lowest BCUT2D eigenvalue weighted by molar-refractivity contribution is 0.316. The largest absolute Gasteiger partial charge is 0.356 e. The maximum Gasteiger partial charge on any atom is 0.215 e. The van der Waals surface area contributed by atoms with Crippen LogP contribution in [-0.2, 0) is 10.0 Å². The maximum absolute atomic E-state index is 12.3.